The molecule has 28 heavy (non-hydrogen) atoms. The number of fused-ring (bicyclic) bond motifs is 1. The van der Waals surface area contributed by atoms with Gasteiger partial charge in [0.25, 0.3) is 0 Å². The lowest BCUT2D eigenvalue weighted by molar-refractivity contribution is -0.129. The van der Waals surface area contributed by atoms with Gasteiger partial charge in [-0.15, -0.1) is 0 Å². The first-order valence-electron chi connectivity index (χ1n) is 9.61. The number of aromatic amines is 1. The molecule has 0 saturated carbocycles. The summed E-state index contributed by atoms with van der Waals surface area (Å²) < 4.78 is 0. The zero-order chi connectivity index (χ0) is 20.4. The van der Waals surface area contributed by atoms with Crippen molar-refractivity contribution in [2.75, 3.05) is 11.9 Å². The van der Waals surface area contributed by atoms with Crippen molar-refractivity contribution >= 4 is 28.9 Å². The number of carbonyl (C=O) groups excluding carboxylic acids is 1. The number of aromatic nitrogens is 3. The van der Waals surface area contributed by atoms with E-state index in [1.165, 1.54) is 12.3 Å². The molecule has 3 N–H and O–H groups in total. The number of H-pyrrole nitrogens is 1. The van der Waals surface area contributed by atoms with Gasteiger partial charge >= 0.3 is 5.97 Å². The molecule has 1 aliphatic heterocycles. The van der Waals surface area contributed by atoms with E-state index in [-0.39, 0.29) is 23.6 Å². The van der Waals surface area contributed by atoms with Crippen LogP contribution in [0.3, 0.4) is 0 Å². The third kappa shape index (κ3) is 4.00. The fourth-order valence-corrected chi connectivity index (χ4v) is 3.71. The van der Waals surface area contributed by atoms with Crippen molar-refractivity contribution < 1.29 is 14.7 Å². The average molecular weight is 385 g/mol. The van der Waals surface area contributed by atoms with Gasteiger partial charge in [0.1, 0.15) is 5.65 Å². The monoisotopic (exact) mass is 385 g/mol. The van der Waals surface area contributed by atoms with Gasteiger partial charge in [0.15, 0.2) is 0 Å². The number of likely N-dealkylation sites (tertiary alicyclic amines) is 1. The summed E-state index contributed by atoms with van der Waals surface area (Å²) >= 11 is 0. The Bertz CT molecular complexity index is 905. The van der Waals surface area contributed by atoms with Crippen LogP contribution in [-0.4, -0.2) is 55.5 Å². The second-order valence-corrected chi connectivity index (χ2v) is 7.79. The van der Waals surface area contributed by atoms with E-state index >= 15 is 0 Å². The minimum atomic E-state index is -1.000. The van der Waals surface area contributed by atoms with Crippen LogP contribution in [0.5, 0.6) is 0 Å². The van der Waals surface area contributed by atoms with Gasteiger partial charge in [-0.05, 0) is 38.2 Å². The number of piperidine rings is 1. The fourth-order valence-electron chi connectivity index (χ4n) is 3.71. The second kappa shape index (κ2) is 8.00. The lowest BCUT2D eigenvalue weighted by atomic mass is 9.99. The van der Waals surface area contributed by atoms with Gasteiger partial charge in [-0.3, -0.25) is 4.79 Å². The number of nitrogens with one attached hydrogen (secondary N) is 2. The molecule has 2 aromatic heterocycles. The molecule has 1 saturated heterocycles. The molecule has 1 aliphatic rings. The summed E-state index contributed by atoms with van der Waals surface area (Å²) in [6.45, 7) is 10.3. The highest BCUT2D eigenvalue weighted by atomic mass is 16.4. The Balaban J connectivity index is 1.90. The number of aromatic carboxylic acids is 1. The number of nitrogens with zero attached hydrogens (tertiary/aromatic N) is 3. The number of rotatable bonds is 6. The molecule has 0 aliphatic carbocycles. The van der Waals surface area contributed by atoms with E-state index < -0.39 is 5.97 Å². The molecule has 0 spiro atoms. The number of amides is 1. The molecule has 8 heteroatoms. The molecule has 0 bridgehead atoms. The molecule has 2 aromatic rings. The Morgan fingerprint density at radius 2 is 2.18 bits per heavy atom. The fraction of sp³-hybridized carbons (Fsp3) is 0.500. The van der Waals surface area contributed by atoms with Crippen LogP contribution in [0.1, 0.15) is 49.7 Å². The first-order valence-corrected chi connectivity index (χ1v) is 9.61. The van der Waals surface area contributed by atoms with Gasteiger partial charge in [0, 0.05) is 24.8 Å². The van der Waals surface area contributed by atoms with Gasteiger partial charge in [0.05, 0.1) is 16.6 Å². The molecule has 1 fully saturated rings. The summed E-state index contributed by atoms with van der Waals surface area (Å²) in [5.41, 5.74) is 1.41. The Hall–Kier alpha value is -2.90. The second-order valence-electron chi connectivity index (χ2n) is 7.79. The number of carboxylic acids is 1. The summed E-state index contributed by atoms with van der Waals surface area (Å²) in [7, 11) is 0. The molecule has 3 rings (SSSR count). The van der Waals surface area contributed by atoms with Crippen LogP contribution in [0.4, 0.5) is 5.95 Å². The third-order valence-electron chi connectivity index (χ3n) is 5.11. The first-order chi connectivity index (χ1) is 13.3. The molecule has 0 unspecified atom stereocenters. The van der Waals surface area contributed by atoms with E-state index in [0.717, 1.165) is 12.8 Å². The van der Waals surface area contributed by atoms with Gasteiger partial charge < -0.3 is 20.3 Å². The molecule has 8 nitrogen and oxygen atoms in total. The topological polar surface area (TPSA) is 111 Å². The Morgan fingerprint density at radius 1 is 1.43 bits per heavy atom. The zero-order valence-electron chi connectivity index (χ0n) is 16.5. The van der Waals surface area contributed by atoms with Gasteiger partial charge in [-0.2, -0.15) is 4.98 Å². The lowest BCUT2D eigenvalue weighted by Crippen LogP contribution is -2.49. The summed E-state index contributed by atoms with van der Waals surface area (Å²) in [5, 5.41) is 13.4. The van der Waals surface area contributed by atoms with Gasteiger partial charge in [-0.1, -0.05) is 20.4 Å². The standard InChI is InChI=1S/C20H27N5O3/c1-5-16(26)25-10-13(7-6-12(25)4)22-20-23-15(8-11(2)3)17-14(19(27)28)9-21-18(17)24-20/h5,9,11-13H,1,6-8,10H2,2-4H3,(H,27,28)(H2,21,22,23,24)/t12-,13+/m0/s1. The number of hydrogen-bond acceptors (Lipinski definition) is 5. The molecule has 2 atom stereocenters. The summed E-state index contributed by atoms with van der Waals surface area (Å²) in [6, 6.07) is 0.198. The van der Waals surface area contributed by atoms with Crippen molar-refractivity contribution in [2.24, 2.45) is 5.92 Å². The quantitative estimate of drug-likeness (QED) is 0.660. The lowest BCUT2D eigenvalue weighted by Gasteiger charge is -2.37. The SMILES string of the molecule is C=CC(=O)N1C[C@H](Nc2nc(CC(C)C)c3c(C(=O)O)c[nH]c3n2)CC[C@@H]1C. The maximum Gasteiger partial charge on any atom is 0.338 e. The van der Waals surface area contributed by atoms with E-state index in [2.05, 4.69) is 40.7 Å². The number of hydrogen-bond donors (Lipinski definition) is 3. The molecule has 3 heterocycles. The Labute approximate surface area is 164 Å². The summed E-state index contributed by atoms with van der Waals surface area (Å²) in [4.78, 5) is 37.5. The van der Waals surface area contributed by atoms with Gasteiger partial charge in [-0.25, -0.2) is 9.78 Å². The van der Waals surface area contributed by atoms with E-state index in [9.17, 15) is 14.7 Å². The smallest absolute Gasteiger partial charge is 0.338 e. The van der Waals surface area contributed by atoms with Crippen molar-refractivity contribution in [3.63, 3.8) is 0 Å². The van der Waals surface area contributed by atoms with E-state index in [4.69, 9.17) is 0 Å². The zero-order valence-corrected chi connectivity index (χ0v) is 16.5. The molecule has 0 radical (unpaired) electrons. The van der Waals surface area contributed by atoms with Crippen LogP contribution in [0.2, 0.25) is 0 Å². The van der Waals surface area contributed by atoms with Crippen molar-refractivity contribution in [3.05, 3.63) is 30.1 Å². The first kappa shape index (κ1) is 19.9. The van der Waals surface area contributed by atoms with Crippen LogP contribution >= 0.6 is 0 Å². The molecular weight excluding hydrogens is 358 g/mol. The maximum absolute atomic E-state index is 12.1. The number of anilines is 1. The summed E-state index contributed by atoms with van der Waals surface area (Å²) in [6.07, 6.45) is 5.23. The Kier molecular flexibility index (Phi) is 5.67. The third-order valence-corrected chi connectivity index (χ3v) is 5.11. The normalized spacial score (nSPS) is 19.8. The number of carbonyl (C=O) groups is 2. The Morgan fingerprint density at radius 3 is 2.82 bits per heavy atom. The van der Waals surface area contributed by atoms with Crippen LogP contribution in [0, 0.1) is 5.92 Å². The minimum absolute atomic E-state index is 0.0263. The number of carboxylic acid groups (broad SMARTS) is 1. The highest BCUT2D eigenvalue weighted by molar-refractivity contribution is 6.03. The van der Waals surface area contributed by atoms with Crippen molar-refractivity contribution in [2.45, 2.75) is 52.1 Å². The summed E-state index contributed by atoms with van der Waals surface area (Å²) in [5.74, 6) is -0.307. The van der Waals surface area contributed by atoms with Crippen LogP contribution in [0.15, 0.2) is 18.9 Å². The van der Waals surface area contributed by atoms with Crippen LogP contribution < -0.4 is 5.32 Å². The van der Waals surface area contributed by atoms with Crippen molar-refractivity contribution in [1.82, 2.24) is 19.9 Å². The highest BCUT2D eigenvalue weighted by Gasteiger charge is 2.28. The van der Waals surface area contributed by atoms with Crippen LogP contribution in [0.25, 0.3) is 11.0 Å². The minimum Gasteiger partial charge on any atom is -0.478 e. The molecule has 150 valence electrons. The van der Waals surface area contributed by atoms with E-state index in [1.54, 1.807) is 4.90 Å². The van der Waals surface area contributed by atoms with Crippen LogP contribution in [-0.2, 0) is 11.2 Å². The maximum atomic E-state index is 12.1. The molecular formula is C20H27N5O3. The van der Waals surface area contributed by atoms with Gasteiger partial charge in [0.2, 0.25) is 11.9 Å². The molecule has 1 amide bonds. The predicted molar refractivity (Wildman–Crippen MR) is 107 cm³/mol. The van der Waals surface area contributed by atoms with Crippen molar-refractivity contribution in [3.8, 4) is 0 Å². The largest absolute Gasteiger partial charge is 0.478 e. The molecule has 0 aromatic carbocycles. The van der Waals surface area contributed by atoms with Crippen molar-refractivity contribution in [1.29, 1.82) is 0 Å². The average Bonchev–Trinajstić information content (AvgIpc) is 3.06. The highest BCUT2D eigenvalue weighted by Crippen LogP contribution is 2.25. The van der Waals surface area contributed by atoms with E-state index in [1.807, 2.05) is 6.92 Å². The predicted octanol–water partition coefficient (Wildman–Crippen LogP) is 2.83. The van der Waals surface area contributed by atoms with E-state index in [0.29, 0.717) is 41.6 Å².